The average Bonchev–Trinajstić information content (AvgIpc) is 1.91. The van der Waals surface area contributed by atoms with Gasteiger partial charge in [-0.2, -0.15) is 5.10 Å². The maximum Gasteiger partial charge on any atom is 0.261 e. The zero-order chi connectivity index (χ0) is 66.2. The average molecular weight is 1320 g/mol. The number of amides is 8. The SMILES string of the molecule is CCCCCCCCCCn1cc(-c2nnc(-c3ccc(C(=O)N[C@H]4CC(O)CNC(=O)C5C(O)C(C)CN5C(=O)C(C(O)CC(N)=O)NC(=O)C(C(O)C(O)c5ccc(O)c(OSOOO)c5)NC(=O)C5CC(O)CN5C(=O)C(C(C)O)NC4=O)cc3)s2)cn1. The van der Waals surface area contributed by atoms with Crippen LogP contribution in [0.15, 0.2) is 54.9 Å². The number of hydrogen-bond donors (Lipinski definition) is 15. The van der Waals surface area contributed by atoms with E-state index >= 15 is 0 Å². The number of primary amides is 1. The highest BCUT2D eigenvalue weighted by molar-refractivity contribution is 7.90. The van der Waals surface area contributed by atoms with Crippen LogP contribution in [-0.4, -0.2) is 216 Å². The van der Waals surface area contributed by atoms with Crippen molar-refractivity contribution in [1.29, 1.82) is 0 Å². The molecule has 3 aliphatic heterocycles. The number of hydrogen-bond acceptors (Lipinski definition) is 25. The van der Waals surface area contributed by atoms with Gasteiger partial charge in [-0.1, -0.05) is 97.7 Å². The first-order valence-electron chi connectivity index (χ1n) is 29.7. The molecule has 8 amide bonds. The molecule has 2 aromatic carbocycles. The first-order valence-corrected chi connectivity index (χ1v) is 31.2. The van der Waals surface area contributed by atoms with Crippen LogP contribution in [0.3, 0.4) is 0 Å². The van der Waals surface area contributed by atoms with Crippen LogP contribution in [0.1, 0.15) is 113 Å². The number of rotatable bonds is 24. The number of aliphatic hydroxyl groups is 7. The number of aromatic hydroxyl groups is 1. The number of carbonyl (C=O) groups is 8. The van der Waals surface area contributed by atoms with Crippen molar-refractivity contribution < 1.29 is 98.0 Å². The van der Waals surface area contributed by atoms with E-state index in [0.717, 1.165) is 59.9 Å². The third-order valence-corrected chi connectivity index (χ3v) is 17.3. The number of β-amino-alcohol motifs (C(OH)–C–C–N with tert-alkyl or cyclic N) is 1. The van der Waals surface area contributed by atoms with Crippen molar-refractivity contribution in [2.45, 2.75) is 177 Å². The third kappa shape index (κ3) is 18.6. The molecule has 0 aliphatic carbocycles. The highest BCUT2D eigenvalue weighted by Crippen LogP contribution is 2.35. The van der Waals surface area contributed by atoms with Gasteiger partial charge in [0.2, 0.25) is 41.4 Å². The van der Waals surface area contributed by atoms with Gasteiger partial charge in [-0.05, 0) is 43.2 Å². The molecule has 0 saturated carbocycles. The lowest BCUT2D eigenvalue weighted by molar-refractivity contribution is -0.433. The summed E-state index contributed by atoms with van der Waals surface area (Å²) in [6.45, 7) is 3.66. The highest BCUT2D eigenvalue weighted by Gasteiger charge is 2.50. The Bertz CT molecular complexity index is 3160. The topological polar surface area (TPSA) is 483 Å². The lowest BCUT2D eigenvalue weighted by atomic mass is 9.96. The molecule has 16 N–H and O–H groups in total. The Hall–Kier alpha value is -7.48. The van der Waals surface area contributed by atoms with Crippen LogP contribution in [-0.2, 0) is 49.5 Å². The van der Waals surface area contributed by atoms with Crippen molar-refractivity contribution in [1.82, 2.24) is 56.4 Å². The van der Waals surface area contributed by atoms with Crippen LogP contribution in [0.2, 0.25) is 0 Å². The molecule has 34 heteroatoms. The van der Waals surface area contributed by atoms with E-state index in [4.69, 9.17) is 15.2 Å². The molecule has 4 aromatic rings. The smallest absolute Gasteiger partial charge is 0.261 e. The Morgan fingerprint density at radius 3 is 2.11 bits per heavy atom. The zero-order valence-corrected chi connectivity index (χ0v) is 51.6. The molecule has 0 radical (unpaired) electrons. The molecular formula is C57H78N12O20S2. The van der Waals surface area contributed by atoms with E-state index in [1.54, 1.807) is 18.3 Å². The summed E-state index contributed by atoms with van der Waals surface area (Å²) in [6, 6.07) is -3.30. The summed E-state index contributed by atoms with van der Waals surface area (Å²) in [6.07, 6.45) is -3.04. The highest BCUT2D eigenvalue weighted by atomic mass is 32.2. The Balaban J connectivity index is 1.17. The van der Waals surface area contributed by atoms with Gasteiger partial charge in [0.15, 0.2) is 16.5 Å². The summed E-state index contributed by atoms with van der Waals surface area (Å²) < 4.78 is 11.1. The zero-order valence-electron chi connectivity index (χ0n) is 50.0. The minimum atomic E-state index is -2.53. The summed E-state index contributed by atoms with van der Waals surface area (Å²) in [5.74, 6) is -11.9. The third-order valence-electron chi connectivity index (χ3n) is 15.9. The molecule has 13 unspecified atom stereocenters. The van der Waals surface area contributed by atoms with Crippen LogP contribution in [0, 0.1) is 5.92 Å². The van der Waals surface area contributed by atoms with Crippen LogP contribution in [0.4, 0.5) is 0 Å². The monoisotopic (exact) mass is 1310 g/mol. The van der Waals surface area contributed by atoms with Gasteiger partial charge in [0, 0.05) is 62.3 Å². The van der Waals surface area contributed by atoms with E-state index in [1.807, 2.05) is 10.9 Å². The van der Waals surface area contributed by atoms with E-state index in [1.165, 1.54) is 68.9 Å². The number of phenolic OH excluding ortho intramolecular Hbond substituents is 1. The summed E-state index contributed by atoms with van der Waals surface area (Å²) in [5, 5.41) is 128. The number of aromatic nitrogens is 4. The maximum atomic E-state index is 14.7. The quantitative estimate of drug-likeness (QED) is 0.0166. The number of phenols is 1. The molecule has 7 rings (SSSR count). The molecule has 3 saturated heterocycles. The minimum absolute atomic E-state index is 0.00480. The van der Waals surface area contributed by atoms with Gasteiger partial charge >= 0.3 is 0 Å². The number of aryl methyl sites for hydroxylation is 1. The summed E-state index contributed by atoms with van der Waals surface area (Å²) in [4.78, 5) is 115. The van der Waals surface area contributed by atoms with Gasteiger partial charge in [0.05, 0.1) is 48.7 Å². The fourth-order valence-corrected chi connectivity index (χ4v) is 12.0. The maximum absolute atomic E-state index is 14.7. The molecule has 2 aromatic heterocycles. The van der Waals surface area contributed by atoms with Crippen molar-refractivity contribution in [3.63, 3.8) is 0 Å². The summed E-state index contributed by atoms with van der Waals surface area (Å²) in [5.41, 5.74) is 6.39. The summed E-state index contributed by atoms with van der Waals surface area (Å²) >= 11 is 1.27. The van der Waals surface area contributed by atoms with E-state index in [-0.39, 0.29) is 23.5 Å². The first kappa shape index (κ1) is 71.0. The van der Waals surface area contributed by atoms with Gasteiger partial charge in [-0.3, -0.25) is 43.0 Å². The van der Waals surface area contributed by atoms with Crippen molar-refractivity contribution in [3.8, 4) is 32.6 Å². The number of unbranched alkanes of at least 4 members (excludes halogenated alkanes) is 7. The Kier molecular flexibility index (Phi) is 25.9. The van der Waals surface area contributed by atoms with Gasteiger partial charge < -0.3 is 87.2 Å². The number of aliphatic hydroxyl groups excluding tert-OH is 7. The number of benzene rings is 2. The largest absolute Gasteiger partial charge is 0.504 e. The Labute approximate surface area is 530 Å². The molecule has 3 aliphatic rings. The second-order valence-corrected chi connectivity index (χ2v) is 24.2. The van der Waals surface area contributed by atoms with Gasteiger partial charge in [0.1, 0.15) is 53.5 Å². The first-order chi connectivity index (χ1) is 43.4. The minimum Gasteiger partial charge on any atom is -0.504 e. The predicted molar refractivity (Wildman–Crippen MR) is 320 cm³/mol. The van der Waals surface area contributed by atoms with E-state index in [2.05, 4.69) is 58.2 Å². The summed E-state index contributed by atoms with van der Waals surface area (Å²) in [7, 11) is 0. The second kappa shape index (κ2) is 33.2. The number of nitrogens with zero attached hydrogens (tertiary/aromatic N) is 6. The predicted octanol–water partition coefficient (Wildman–Crippen LogP) is -1.41. The molecule has 14 atom stereocenters. The molecule has 3 fully saturated rings. The molecule has 5 heterocycles. The van der Waals surface area contributed by atoms with Crippen molar-refractivity contribution >= 4 is 70.9 Å². The standard InChI is InChI=1S/C57H78N12O20S2/c1-4-5-6-7-8-9-10-11-18-67-26-33(23-60-67)55-66-65-54(90-55)31-14-12-30(13-15-31)49(79)61-36-20-34(71)24-59-53(83)45-46(76)28(2)25-69(45)57(85)43(39(74)22-41(58)75)63-52(82)44(48(78)47(77)32-16-17-38(73)40(19-32)87-91-89-88-86)64-51(81)37-21-35(72)27-68(37)56(84)42(29(3)70)62-50(36)80/h12-17,19,23,26,28-29,34-37,39,42-48,70-74,76-78,86H,4-11,18,20-22,24-25,27H2,1-3H3,(H2,58,75)(H,59,83)(H,61,79)(H,62,80)(H,63,82)(H,64,81)/t28?,29?,34?,35?,36-,37?,39?,42?,43?,44?,45?,46?,47?,48?/m0/s1. The molecule has 498 valence electrons. The second-order valence-electron chi connectivity index (χ2n) is 22.8. The van der Waals surface area contributed by atoms with Crippen LogP contribution < -0.4 is 36.5 Å². The fourth-order valence-electron chi connectivity index (χ4n) is 10.9. The molecular weight excluding hydrogens is 1240 g/mol. The normalized spacial score (nSPS) is 25.2. The number of carbonyl (C=O) groups excluding carboxylic acids is 8. The molecule has 0 spiro atoms. The van der Waals surface area contributed by atoms with E-state index < -0.39 is 183 Å². The molecule has 91 heavy (non-hydrogen) atoms. The van der Waals surface area contributed by atoms with Crippen LogP contribution in [0.5, 0.6) is 11.5 Å². The van der Waals surface area contributed by atoms with Crippen LogP contribution in [0.25, 0.3) is 21.1 Å². The fraction of sp³-hybridized carbons (Fsp3) is 0.561. The lowest BCUT2D eigenvalue weighted by Gasteiger charge is -2.34. The molecule has 32 nitrogen and oxygen atoms in total. The van der Waals surface area contributed by atoms with Crippen LogP contribution >= 0.6 is 23.7 Å². The van der Waals surface area contributed by atoms with Gasteiger partial charge in [0.25, 0.3) is 18.2 Å². The van der Waals surface area contributed by atoms with Gasteiger partial charge in [-0.15, -0.1) is 10.2 Å². The van der Waals surface area contributed by atoms with E-state index in [9.17, 15) is 79.2 Å². The van der Waals surface area contributed by atoms with Crippen molar-refractivity contribution in [2.24, 2.45) is 11.7 Å². The van der Waals surface area contributed by atoms with Crippen molar-refractivity contribution in [2.75, 3.05) is 19.6 Å². The van der Waals surface area contributed by atoms with Gasteiger partial charge in [-0.25, -0.2) is 5.26 Å². The van der Waals surface area contributed by atoms with E-state index in [0.29, 0.717) is 15.6 Å². The Morgan fingerprint density at radius 1 is 0.791 bits per heavy atom. The van der Waals surface area contributed by atoms with Crippen molar-refractivity contribution in [3.05, 3.63) is 66.0 Å². The number of fused-ring (bicyclic) bond motifs is 2. The number of nitrogens with one attached hydrogen (secondary N) is 5. The number of nitrogens with two attached hydrogens (primary N) is 1. The Morgan fingerprint density at radius 2 is 1.44 bits per heavy atom. The molecule has 0 bridgehead atoms. The lowest BCUT2D eigenvalue weighted by Crippen LogP contribution is -2.64.